The molecule has 3 N–H and O–H groups in total. The minimum absolute atomic E-state index is 0. The summed E-state index contributed by atoms with van der Waals surface area (Å²) in [6, 6.07) is 5.75. The minimum Gasteiger partial charge on any atom is -0.486 e. The van der Waals surface area contributed by atoms with Crippen molar-refractivity contribution < 1.29 is 14.3 Å². The van der Waals surface area contributed by atoms with Crippen LogP contribution in [0.15, 0.2) is 23.6 Å². The van der Waals surface area contributed by atoms with Crippen molar-refractivity contribution in [2.24, 2.45) is 11.7 Å². The second kappa shape index (κ2) is 8.90. The van der Waals surface area contributed by atoms with Crippen LogP contribution in [0.3, 0.4) is 0 Å². The van der Waals surface area contributed by atoms with Crippen LogP contribution in [0.2, 0.25) is 0 Å². The summed E-state index contributed by atoms with van der Waals surface area (Å²) >= 11 is 1.43. The van der Waals surface area contributed by atoms with Gasteiger partial charge in [0.15, 0.2) is 11.5 Å². The van der Waals surface area contributed by atoms with Gasteiger partial charge in [-0.3, -0.25) is 4.79 Å². The van der Waals surface area contributed by atoms with Gasteiger partial charge < -0.3 is 20.5 Å². The first-order valence-electron chi connectivity index (χ1n) is 8.10. The molecule has 2 aliphatic rings. The van der Waals surface area contributed by atoms with E-state index in [4.69, 9.17) is 15.2 Å². The average Bonchev–Trinajstić information content (AvgIpc) is 3.35. The third-order valence-electron chi connectivity index (χ3n) is 4.25. The maximum absolute atomic E-state index is 12.2. The van der Waals surface area contributed by atoms with Crippen molar-refractivity contribution in [3.8, 4) is 22.1 Å². The number of nitrogens with zero attached hydrogens (tertiary/aromatic N) is 1. The quantitative estimate of drug-likeness (QED) is 0.780. The number of thiazole rings is 1. The Bertz CT molecular complexity index is 767. The molecule has 1 aromatic carbocycles. The standard InChI is InChI=1S/C17H19N3O3S.2ClH/c18-12(10-1-2-10)8-19-16(21)13-9-24-17(20-13)11-3-4-14-15(7-11)23-6-5-22-14;;/h3-4,7,9-10,12H,1-2,5-6,8,18H2,(H,19,21);2*1H. The first kappa shape index (κ1) is 20.8. The van der Waals surface area contributed by atoms with E-state index in [0.29, 0.717) is 31.4 Å². The first-order valence-corrected chi connectivity index (χ1v) is 8.98. The number of rotatable bonds is 5. The molecule has 0 saturated heterocycles. The molecule has 0 bridgehead atoms. The third-order valence-corrected chi connectivity index (χ3v) is 5.14. The van der Waals surface area contributed by atoms with Crippen molar-refractivity contribution in [2.75, 3.05) is 19.8 Å². The van der Waals surface area contributed by atoms with Crippen LogP contribution in [-0.2, 0) is 0 Å². The number of amides is 1. The van der Waals surface area contributed by atoms with Crippen LogP contribution in [0, 0.1) is 5.92 Å². The summed E-state index contributed by atoms with van der Waals surface area (Å²) in [6.45, 7) is 1.61. The van der Waals surface area contributed by atoms with Crippen molar-refractivity contribution in [3.63, 3.8) is 0 Å². The second-order valence-corrected chi connectivity index (χ2v) is 6.97. The van der Waals surface area contributed by atoms with Crippen LogP contribution in [0.25, 0.3) is 10.6 Å². The summed E-state index contributed by atoms with van der Waals surface area (Å²) in [5, 5.41) is 5.42. The molecule has 1 aromatic heterocycles. The van der Waals surface area contributed by atoms with E-state index >= 15 is 0 Å². The highest BCUT2D eigenvalue weighted by molar-refractivity contribution is 7.13. The highest BCUT2D eigenvalue weighted by Crippen LogP contribution is 2.35. The number of hydrogen-bond acceptors (Lipinski definition) is 6. The number of aromatic nitrogens is 1. The molecule has 4 rings (SSSR count). The van der Waals surface area contributed by atoms with Crippen molar-refractivity contribution >= 4 is 42.1 Å². The maximum atomic E-state index is 12.2. The Morgan fingerprint density at radius 2 is 2.00 bits per heavy atom. The van der Waals surface area contributed by atoms with Gasteiger partial charge in [-0.15, -0.1) is 36.2 Å². The Morgan fingerprint density at radius 1 is 1.27 bits per heavy atom. The molecule has 1 fully saturated rings. The van der Waals surface area contributed by atoms with Crippen molar-refractivity contribution in [2.45, 2.75) is 18.9 Å². The fraction of sp³-hybridized carbons (Fsp3) is 0.412. The van der Waals surface area contributed by atoms with E-state index in [0.717, 1.165) is 22.1 Å². The molecule has 1 atom stereocenters. The second-order valence-electron chi connectivity index (χ2n) is 6.11. The number of benzene rings is 1. The monoisotopic (exact) mass is 417 g/mol. The molecule has 9 heteroatoms. The Morgan fingerprint density at radius 3 is 2.73 bits per heavy atom. The molecular weight excluding hydrogens is 397 g/mol. The van der Waals surface area contributed by atoms with E-state index in [-0.39, 0.29) is 36.8 Å². The molecule has 0 spiro atoms. The lowest BCUT2D eigenvalue weighted by molar-refractivity contribution is 0.0946. The third kappa shape index (κ3) is 4.59. The summed E-state index contributed by atoms with van der Waals surface area (Å²) in [7, 11) is 0. The van der Waals surface area contributed by atoms with Crippen LogP contribution in [-0.4, -0.2) is 36.7 Å². The lowest BCUT2D eigenvalue weighted by atomic mass is 10.2. The van der Waals surface area contributed by atoms with Crippen LogP contribution < -0.4 is 20.5 Å². The summed E-state index contributed by atoms with van der Waals surface area (Å²) in [6.07, 6.45) is 2.34. The van der Waals surface area contributed by atoms with Crippen LogP contribution >= 0.6 is 36.2 Å². The van der Waals surface area contributed by atoms with Gasteiger partial charge in [0, 0.05) is 23.5 Å². The summed E-state index contributed by atoms with van der Waals surface area (Å²) < 4.78 is 11.1. The molecule has 26 heavy (non-hydrogen) atoms. The number of fused-ring (bicyclic) bond motifs is 1. The van der Waals surface area contributed by atoms with Crippen molar-refractivity contribution in [1.82, 2.24) is 10.3 Å². The topological polar surface area (TPSA) is 86.5 Å². The lowest BCUT2D eigenvalue weighted by Gasteiger charge is -2.18. The van der Waals surface area contributed by atoms with E-state index in [1.807, 2.05) is 18.2 Å². The number of ether oxygens (including phenoxy) is 2. The Hall–Kier alpha value is -1.54. The fourth-order valence-corrected chi connectivity index (χ4v) is 3.48. The number of carbonyl (C=O) groups is 1. The normalized spacial score (nSPS) is 16.0. The van der Waals surface area contributed by atoms with Gasteiger partial charge in [-0.05, 0) is 37.0 Å². The van der Waals surface area contributed by atoms with Gasteiger partial charge in [0.1, 0.15) is 23.9 Å². The fourth-order valence-electron chi connectivity index (χ4n) is 2.68. The van der Waals surface area contributed by atoms with Crippen molar-refractivity contribution in [3.05, 3.63) is 29.3 Å². The van der Waals surface area contributed by atoms with E-state index in [9.17, 15) is 4.79 Å². The summed E-state index contributed by atoms with van der Waals surface area (Å²) in [4.78, 5) is 16.6. The van der Waals surface area contributed by atoms with Gasteiger partial charge in [-0.25, -0.2) is 4.98 Å². The number of hydrogen-bond donors (Lipinski definition) is 2. The molecular formula is C17H21Cl2N3O3S. The highest BCUT2D eigenvalue weighted by atomic mass is 35.5. The van der Waals surface area contributed by atoms with Gasteiger partial charge in [0.25, 0.3) is 5.91 Å². The molecule has 1 aliphatic carbocycles. The predicted octanol–water partition coefficient (Wildman–Crippen LogP) is 2.89. The van der Waals surface area contributed by atoms with E-state index in [2.05, 4.69) is 10.3 Å². The van der Waals surface area contributed by atoms with Crippen molar-refractivity contribution in [1.29, 1.82) is 0 Å². The minimum atomic E-state index is -0.175. The van der Waals surface area contributed by atoms with Gasteiger partial charge in [0.05, 0.1) is 0 Å². The summed E-state index contributed by atoms with van der Waals surface area (Å²) in [5.74, 6) is 1.85. The molecule has 0 radical (unpaired) electrons. The number of nitrogens with two attached hydrogens (primary N) is 1. The Kier molecular flexibility index (Phi) is 7.11. The summed E-state index contributed by atoms with van der Waals surface area (Å²) in [5.41, 5.74) is 7.35. The molecule has 1 aliphatic heterocycles. The zero-order valence-corrected chi connectivity index (χ0v) is 16.4. The Labute approximate surface area is 168 Å². The van der Waals surface area contributed by atoms with Crippen LogP contribution in [0.1, 0.15) is 23.3 Å². The first-order chi connectivity index (χ1) is 11.7. The molecule has 1 amide bonds. The largest absolute Gasteiger partial charge is 0.486 e. The van der Waals surface area contributed by atoms with Gasteiger partial charge in [0.2, 0.25) is 0 Å². The molecule has 2 heterocycles. The lowest BCUT2D eigenvalue weighted by Crippen LogP contribution is -2.38. The van der Waals surface area contributed by atoms with Crippen LogP contribution in [0.4, 0.5) is 0 Å². The maximum Gasteiger partial charge on any atom is 0.270 e. The molecule has 1 saturated carbocycles. The zero-order valence-electron chi connectivity index (χ0n) is 14.0. The molecule has 1 unspecified atom stereocenters. The van der Waals surface area contributed by atoms with Gasteiger partial charge >= 0.3 is 0 Å². The average molecular weight is 418 g/mol. The van der Waals surface area contributed by atoms with E-state index in [1.165, 1.54) is 24.2 Å². The zero-order chi connectivity index (χ0) is 16.5. The van der Waals surface area contributed by atoms with Gasteiger partial charge in [-0.1, -0.05) is 0 Å². The number of carbonyl (C=O) groups excluding carboxylic acids is 1. The smallest absolute Gasteiger partial charge is 0.270 e. The van der Waals surface area contributed by atoms with Gasteiger partial charge in [-0.2, -0.15) is 0 Å². The van der Waals surface area contributed by atoms with E-state index < -0.39 is 0 Å². The number of nitrogens with one attached hydrogen (secondary N) is 1. The molecule has 6 nitrogen and oxygen atoms in total. The van der Waals surface area contributed by atoms with E-state index in [1.54, 1.807) is 5.38 Å². The molecule has 142 valence electrons. The number of halogens is 2. The van der Waals surface area contributed by atoms with Crippen LogP contribution in [0.5, 0.6) is 11.5 Å². The highest BCUT2D eigenvalue weighted by Gasteiger charge is 2.28. The Balaban J connectivity index is 0.00000121. The molecule has 2 aromatic rings. The predicted molar refractivity (Wildman–Crippen MR) is 106 cm³/mol. The SMILES string of the molecule is Cl.Cl.NC(CNC(=O)c1csc(-c2ccc3c(c2)OCCO3)n1)C1CC1.